The summed E-state index contributed by atoms with van der Waals surface area (Å²) in [4.78, 5) is 29.1. The number of nitrogens with one attached hydrogen (secondary N) is 1. The molecule has 1 unspecified atom stereocenters. The minimum atomic E-state index is -0.855. The Kier molecular flexibility index (Phi) is 6.13. The van der Waals surface area contributed by atoms with Crippen molar-refractivity contribution in [1.29, 1.82) is 0 Å². The fourth-order valence-corrected chi connectivity index (χ4v) is 3.39. The zero-order valence-corrected chi connectivity index (χ0v) is 15.6. The molecule has 9 heteroatoms. The van der Waals surface area contributed by atoms with Gasteiger partial charge in [0.05, 0.1) is 13.0 Å². The third-order valence-corrected chi connectivity index (χ3v) is 5.04. The van der Waals surface area contributed by atoms with Crippen molar-refractivity contribution >= 4 is 34.6 Å². The number of ether oxygens (including phenoxy) is 1. The SMILES string of the molecule is CC(OC(=O)CCc1nc(-c2ccsc2)no1)C(=O)NCc1cccs1. The van der Waals surface area contributed by atoms with E-state index in [1.165, 1.54) is 0 Å². The summed E-state index contributed by atoms with van der Waals surface area (Å²) >= 11 is 3.09. The van der Waals surface area contributed by atoms with E-state index in [-0.39, 0.29) is 18.7 Å². The highest BCUT2D eigenvalue weighted by atomic mass is 32.1. The highest BCUT2D eigenvalue weighted by molar-refractivity contribution is 7.09. The van der Waals surface area contributed by atoms with Crippen LogP contribution < -0.4 is 5.32 Å². The first-order valence-electron chi connectivity index (χ1n) is 7.96. The van der Waals surface area contributed by atoms with Crippen LogP contribution in [0.5, 0.6) is 0 Å². The summed E-state index contributed by atoms with van der Waals surface area (Å²) in [7, 11) is 0. The van der Waals surface area contributed by atoms with Gasteiger partial charge in [-0.1, -0.05) is 11.2 Å². The van der Waals surface area contributed by atoms with Crippen LogP contribution in [-0.2, 0) is 27.3 Å². The lowest BCUT2D eigenvalue weighted by molar-refractivity contribution is -0.154. The molecule has 3 aromatic rings. The minimum absolute atomic E-state index is 0.0633. The van der Waals surface area contributed by atoms with Crippen LogP contribution in [0, 0.1) is 0 Å². The number of hydrogen-bond donors (Lipinski definition) is 1. The molecule has 0 radical (unpaired) electrons. The molecule has 3 heterocycles. The maximum Gasteiger partial charge on any atom is 0.307 e. The van der Waals surface area contributed by atoms with Crippen molar-refractivity contribution in [3.63, 3.8) is 0 Å². The number of aryl methyl sites for hydroxylation is 1. The Morgan fingerprint density at radius 3 is 2.96 bits per heavy atom. The molecule has 0 saturated carbocycles. The average Bonchev–Trinajstić information content (AvgIpc) is 3.39. The van der Waals surface area contributed by atoms with E-state index in [2.05, 4.69) is 15.5 Å². The molecule has 1 amide bonds. The third kappa shape index (κ3) is 4.99. The predicted molar refractivity (Wildman–Crippen MR) is 97.7 cm³/mol. The Labute approximate surface area is 158 Å². The summed E-state index contributed by atoms with van der Waals surface area (Å²) in [6, 6.07) is 5.73. The number of rotatable bonds is 8. The van der Waals surface area contributed by atoms with Crippen LogP contribution in [0.2, 0.25) is 0 Å². The van der Waals surface area contributed by atoms with Crippen LogP contribution in [0.3, 0.4) is 0 Å². The standard InChI is InChI=1S/C17H17N3O4S2/c1-11(17(22)18-9-13-3-2-7-26-13)23-15(21)5-4-14-19-16(20-24-14)12-6-8-25-10-12/h2-3,6-8,10-11H,4-5,9H2,1H3,(H,18,22). The second-order valence-electron chi connectivity index (χ2n) is 5.45. The van der Waals surface area contributed by atoms with E-state index >= 15 is 0 Å². The van der Waals surface area contributed by atoms with E-state index in [1.807, 2.05) is 34.3 Å². The largest absolute Gasteiger partial charge is 0.453 e. The monoisotopic (exact) mass is 391 g/mol. The number of nitrogens with zero attached hydrogens (tertiary/aromatic N) is 2. The second-order valence-corrected chi connectivity index (χ2v) is 7.27. The Balaban J connectivity index is 1.41. The van der Waals surface area contributed by atoms with Gasteiger partial charge in [0.15, 0.2) is 6.10 Å². The van der Waals surface area contributed by atoms with Gasteiger partial charge in [0.1, 0.15) is 0 Å². The summed E-state index contributed by atoms with van der Waals surface area (Å²) in [5.41, 5.74) is 0.878. The van der Waals surface area contributed by atoms with Gasteiger partial charge in [-0.15, -0.1) is 11.3 Å². The highest BCUT2D eigenvalue weighted by Crippen LogP contribution is 2.19. The Bertz CT molecular complexity index is 843. The van der Waals surface area contributed by atoms with Crippen molar-refractivity contribution in [3.05, 3.63) is 45.1 Å². The summed E-state index contributed by atoms with van der Waals surface area (Å²) in [6.07, 6.45) is -0.528. The molecule has 0 aromatic carbocycles. The van der Waals surface area contributed by atoms with E-state index in [0.29, 0.717) is 18.3 Å². The molecule has 0 aliphatic rings. The van der Waals surface area contributed by atoms with E-state index in [9.17, 15) is 9.59 Å². The number of hydrogen-bond acceptors (Lipinski definition) is 8. The Hall–Kier alpha value is -2.52. The first kappa shape index (κ1) is 18.3. The van der Waals surface area contributed by atoms with Gasteiger partial charge in [-0.05, 0) is 29.8 Å². The predicted octanol–water partition coefficient (Wildman–Crippen LogP) is 3.04. The number of carbonyl (C=O) groups is 2. The van der Waals surface area contributed by atoms with Gasteiger partial charge in [-0.25, -0.2) is 0 Å². The number of aromatic nitrogens is 2. The topological polar surface area (TPSA) is 94.3 Å². The fraction of sp³-hybridized carbons (Fsp3) is 0.294. The molecular formula is C17H17N3O4S2. The lowest BCUT2D eigenvalue weighted by Crippen LogP contribution is -2.35. The van der Waals surface area contributed by atoms with E-state index in [1.54, 1.807) is 29.6 Å². The number of carbonyl (C=O) groups excluding carboxylic acids is 2. The van der Waals surface area contributed by atoms with Crippen molar-refractivity contribution in [2.24, 2.45) is 0 Å². The van der Waals surface area contributed by atoms with Crippen LogP contribution in [-0.4, -0.2) is 28.1 Å². The van der Waals surface area contributed by atoms with Gasteiger partial charge in [0.2, 0.25) is 11.7 Å². The average molecular weight is 391 g/mol. The summed E-state index contributed by atoms with van der Waals surface area (Å²) < 4.78 is 10.3. The first-order valence-corrected chi connectivity index (χ1v) is 9.79. The van der Waals surface area contributed by atoms with Gasteiger partial charge < -0.3 is 14.6 Å². The normalized spacial score (nSPS) is 11.9. The fourth-order valence-electron chi connectivity index (χ4n) is 2.12. The maximum atomic E-state index is 12.0. The smallest absolute Gasteiger partial charge is 0.307 e. The third-order valence-electron chi connectivity index (χ3n) is 3.48. The van der Waals surface area contributed by atoms with Gasteiger partial charge in [-0.2, -0.15) is 16.3 Å². The summed E-state index contributed by atoms with van der Waals surface area (Å²) in [5.74, 6) is 0.0391. The molecule has 0 aliphatic carbocycles. The van der Waals surface area contributed by atoms with Gasteiger partial charge >= 0.3 is 5.97 Å². The van der Waals surface area contributed by atoms with E-state index in [4.69, 9.17) is 9.26 Å². The van der Waals surface area contributed by atoms with Gasteiger partial charge in [-0.3, -0.25) is 9.59 Å². The molecule has 1 N–H and O–H groups in total. The number of thiophene rings is 2. The zero-order valence-electron chi connectivity index (χ0n) is 14.0. The van der Waals surface area contributed by atoms with Crippen LogP contribution in [0.1, 0.15) is 24.1 Å². The molecule has 3 aromatic heterocycles. The molecule has 0 spiro atoms. The molecule has 0 aliphatic heterocycles. The lowest BCUT2D eigenvalue weighted by atomic mass is 10.3. The van der Waals surface area contributed by atoms with Crippen LogP contribution in [0.4, 0.5) is 0 Å². The first-order chi connectivity index (χ1) is 12.6. The van der Waals surface area contributed by atoms with Crippen molar-refractivity contribution < 1.29 is 18.8 Å². The molecule has 7 nitrogen and oxygen atoms in total. The maximum absolute atomic E-state index is 12.0. The second kappa shape index (κ2) is 8.72. The van der Waals surface area contributed by atoms with Crippen molar-refractivity contribution in [3.8, 4) is 11.4 Å². The van der Waals surface area contributed by atoms with Crippen molar-refractivity contribution in [1.82, 2.24) is 15.5 Å². The number of esters is 1. The highest BCUT2D eigenvalue weighted by Gasteiger charge is 2.18. The van der Waals surface area contributed by atoms with E-state index in [0.717, 1.165) is 10.4 Å². The van der Waals surface area contributed by atoms with Crippen LogP contribution in [0.25, 0.3) is 11.4 Å². The molecule has 0 fully saturated rings. The molecule has 0 bridgehead atoms. The molecule has 0 saturated heterocycles. The molecular weight excluding hydrogens is 374 g/mol. The summed E-state index contributed by atoms with van der Waals surface area (Å²) in [5, 5.41) is 12.4. The molecule has 26 heavy (non-hydrogen) atoms. The molecule has 136 valence electrons. The Morgan fingerprint density at radius 1 is 1.35 bits per heavy atom. The van der Waals surface area contributed by atoms with Crippen LogP contribution >= 0.6 is 22.7 Å². The zero-order chi connectivity index (χ0) is 18.4. The lowest BCUT2D eigenvalue weighted by Gasteiger charge is -2.12. The van der Waals surface area contributed by atoms with Gasteiger partial charge in [0.25, 0.3) is 5.91 Å². The Morgan fingerprint density at radius 2 is 2.23 bits per heavy atom. The molecule has 1 atom stereocenters. The molecule has 3 rings (SSSR count). The van der Waals surface area contributed by atoms with Gasteiger partial charge in [0, 0.05) is 22.2 Å². The quantitative estimate of drug-likeness (QED) is 0.593. The van der Waals surface area contributed by atoms with E-state index < -0.39 is 12.1 Å². The van der Waals surface area contributed by atoms with Crippen molar-refractivity contribution in [2.75, 3.05) is 0 Å². The number of amides is 1. The minimum Gasteiger partial charge on any atom is -0.453 e. The van der Waals surface area contributed by atoms with Crippen molar-refractivity contribution in [2.45, 2.75) is 32.4 Å². The summed E-state index contributed by atoms with van der Waals surface area (Å²) in [6.45, 7) is 1.97. The van der Waals surface area contributed by atoms with Crippen LogP contribution in [0.15, 0.2) is 38.9 Å².